The van der Waals surface area contributed by atoms with Crippen molar-refractivity contribution in [1.29, 1.82) is 0 Å². The largest absolute Gasteiger partial charge is 0.468 e. The number of hydrogen-bond donors (Lipinski definition) is 1. The molecule has 0 fully saturated rings. The smallest absolute Gasteiger partial charge is 0.120 e. The molecule has 17 heavy (non-hydrogen) atoms. The average Bonchev–Trinajstić information content (AvgIpc) is 2.90. The van der Waals surface area contributed by atoms with Gasteiger partial charge in [-0.15, -0.1) is 0 Å². The van der Waals surface area contributed by atoms with Crippen LogP contribution in [0.3, 0.4) is 0 Å². The highest BCUT2D eigenvalue weighted by molar-refractivity contribution is 5.27. The van der Waals surface area contributed by atoms with Crippen molar-refractivity contribution in [2.45, 2.75) is 32.9 Å². The molecule has 0 spiro atoms. The van der Waals surface area contributed by atoms with Gasteiger partial charge in [-0.1, -0.05) is 31.2 Å². The van der Waals surface area contributed by atoms with Gasteiger partial charge in [-0.2, -0.15) is 0 Å². The summed E-state index contributed by atoms with van der Waals surface area (Å²) in [6.45, 7) is 5.19. The Hall–Kier alpha value is -1.54. The molecule has 1 atom stereocenters. The molecule has 1 heterocycles. The molecule has 0 amide bonds. The molecule has 1 aromatic carbocycles. The zero-order chi connectivity index (χ0) is 12.1. The molecule has 2 nitrogen and oxygen atoms in total. The molecule has 0 aliphatic rings. The Balaban J connectivity index is 1.98. The summed E-state index contributed by atoms with van der Waals surface area (Å²) in [5, 5.41) is 3.48. The summed E-state index contributed by atoms with van der Waals surface area (Å²) in [6, 6.07) is 12.7. The fourth-order valence-electron chi connectivity index (χ4n) is 1.98. The first-order valence-electron chi connectivity index (χ1n) is 6.14. The van der Waals surface area contributed by atoms with Gasteiger partial charge in [-0.3, -0.25) is 0 Å². The molecule has 1 N–H and O–H groups in total. The molecule has 2 rings (SSSR count). The normalized spacial score (nSPS) is 12.6. The van der Waals surface area contributed by atoms with Gasteiger partial charge >= 0.3 is 0 Å². The molecule has 2 aromatic rings. The number of rotatable bonds is 5. The van der Waals surface area contributed by atoms with Crippen LogP contribution in [-0.2, 0) is 13.0 Å². The Morgan fingerprint density at radius 1 is 1.12 bits per heavy atom. The topological polar surface area (TPSA) is 25.2 Å². The van der Waals surface area contributed by atoms with E-state index < -0.39 is 0 Å². The Morgan fingerprint density at radius 2 is 1.88 bits per heavy atom. The maximum Gasteiger partial charge on any atom is 0.120 e. The minimum Gasteiger partial charge on any atom is -0.468 e. The summed E-state index contributed by atoms with van der Waals surface area (Å²) in [4.78, 5) is 0. The number of furan rings is 1. The van der Waals surface area contributed by atoms with Gasteiger partial charge in [0.05, 0.1) is 12.3 Å². The summed E-state index contributed by atoms with van der Waals surface area (Å²) >= 11 is 0. The molecule has 0 radical (unpaired) electrons. The van der Waals surface area contributed by atoms with Gasteiger partial charge in [0.15, 0.2) is 0 Å². The Bertz CT molecular complexity index is 448. The number of hydrogen-bond acceptors (Lipinski definition) is 2. The number of nitrogens with one attached hydrogen (secondary N) is 1. The van der Waals surface area contributed by atoms with Crippen LogP contribution in [0.5, 0.6) is 0 Å². The van der Waals surface area contributed by atoms with Gasteiger partial charge in [0, 0.05) is 6.54 Å². The van der Waals surface area contributed by atoms with Crippen LogP contribution in [0.25, 0.3) is 0 Å². The van der Waals surface area contributed by atoms with E-state index in [9.17, 15) is 0 Å². The first-order valence-corrected chi connectivity index (χ1v) is 6.14. The fraction of sp³-hybridized carbons (Fsp3) is 0.333. The number of aryl methyl sites for hydroxylation is 1. The predicted octanol–water partition coefficient (Wildman–Crippen LogP) is 3.69. The summed E-state index contributed by atoms with van der Waals surface area (Å²) in [7, 11) is 0. The maximum absolute atomic E-state index is 5.38. The summed E-state index contributed by atoms with van der Waals surface area (Å²) in [5.74, 6) is 0.985. The van der Waals surface area contributed by atoms with Crippen LogP contribution < -0.4 is 5.32 Å². The third-order valence-electron chi connectivity index (χ3n) is 3.07. The lowest BCUT2D eigenvalue weighted by molar-refractivity contribution is 0.430. The lowest BCUT2D eigenvalue weighted by Crippen LogP contribution is -2.18. The zero-order valence-corrected chi connectivity index (χ0v) is 10.4. The van der Waals surface area contributed by atoms with Crippen molar-refractivity contribution >= 4 is 0 Å². The second kappa shape index (κ2) is 5.69. The van der Waals surface area contributed by atoms with Crippen LogP contribution >= 0.6 is 0 Å². The van der Waals surface area contributed by atoms with E-state index in [1.54, 1.807) is 6.26 Å². The first-order chi connectivity index (χ1) is 8.31. The summed E-state index contributed by atoms with van der Waals surface area (Å²) in [5.41, 5.74) is 2.78. The van der Waals surface area contributed by atoms with Crippen LogP contribution in [0.2, 0.25) is 0 Å². The van der Waals surface area contributed by atoms with Gasteiger partial charge in [-0.25, -0.2) is 0 Å². The molecule has 0 aliphatic carbocycles. The van der Waals surface area contributed by atoms with E-state index in [2.05, 4.69) is 43.4 Å². The highest BCUT2D eigenvalue weighted by Crippen LogP contribution is 2.15. The van der Waals surface area contributed by atoms with Crippen molar-refractivity contribution in [3.63, 3.8) is 0 Å². The van der Waals surface area contributed by atoms with Gasteiger partial charge < -0.3 is 9.73 Å². The van der Waals surface area contributed by atoms with Crippen LogP contribution in [0, 0.1) is 0 Å². The van der Waals surface area contributed by atoms with Crippen LogP contribution in [0.15, 0.2) is 47.1 Å². The lowest BCUT2D eigenvalue weighted by atomic mass is 10.1. The average molecular weight is 229 g/mol. The van der Waals surface area contributed by atoms with Crippen molar-refractivity contribution in [2.75, 3.05) is 0 Å². The monoisotopic (exact) mass is 229 g/mol. The van der Waals surface area contributed by atoms with Crippen molar-refractivity contribution < 1.29 is 4.42 Å². The SMILES string of the molecule is CCc1ccccc1CN[C@H](C)c1ccco1. The van der Waals surface area contributed by atoms with E-state index in [0.29, 0.717) is 0 Å². The third kappa shape index (κ3) is 2.98. The molecule has 0 saturated heterocycles. The van der Waals surface area contributed by atoms with Crippen molar-refractivity contribution in [2.24, 2.45) is 0 Å². The minimum absolute atomic E-state index is 0.245. The second-order valence-corrected chi connectivity index (χ2v) is 4.24. The summed E-state index contributed by atoms with van der Waals surface area (Å²) < 4.78 is 5.38. The molecular formula is C15H19NO. The van der Waals surface area contributed by atoms with E-state index >= 15 is 0 Å². The van der Waals surface area contributed by atoms with Gasteiger partial charge in [0.1, 0.15) is 5.76 Å². The molecule has 0 unspecified atom stereocenters. The van der Waals surface area contributed by atoms with E-state index in [0.717, 1.165) is 18.7 Å². The molecule has 1 aromatic heterocycles. The van der Waals surface area contributed by atoms with E-state index in [1.807, 2.05) is 12.1 Å². The molecule has 0 bridgehead atoms. The van der Waals surface area contributed by atoms with Crippen LogP contribution in [-0.4, -0.2) is 0 Å². The summed E-state index contributed by atoms with van der Waals surface area (Å²) in [6.07, 6.45) is 2.79. The Kier molecular flexibility index (Phi) is 3.99. The second-order valence-electron chi connectivity index (χ2n) is 4.24. The molecule has 2 heteroatoms. The fourth-order valence-corrected chi connectivity index (χ4v) is 1.98. The van der Waals surface area contributed by atoms with Crippen LogP contribution in [0.1, 0.15) is 36.8 Å². The van der Waals surface area contributed by atoms with Gasteiger partial charge in [0.25, 0.3) is 0 Å². The van der Waals surface area contributed by atoms with E-state index in [1.165, 1.54) is 11.1 Å². The first kappa shape index (κ1) is 11.9. The van der Waals surface area contributed by atoms with E-state index in [-0.39, 0.29) is 6.04 Å². The van der Waals surface area contributed by atoms with Gasteiger partial charge in [0.2, 0.25) is 0 Å². The van der Waals surface area contributed by atoms with Crippen molar-refractivity contribution in [3.8, 4) is 0 Å². The molecule has 0 aliphatic heterocycles. The van der Waals surface area contributed by atoms with E-state index in [4.69, 9.17) is 4.42 Å². The predicted molar refractivity (Wildman–Crippen MR) is 69.8 cm³/mol. The highest BCUT2D eigenvalue weighted by atomic mass is 16.3. The lowest BCUT2D eigenvalue weighted by Gasteiger charge is -2.13. The third-order valence-corrected chi connectivity index (χ3v) is 3.07. The van der Waals surface area contributed by atoms with Crippen LogP contribution in [0.4, 0.5) is 0 Å². The van der Waals surface area contributed by atoms with Crippen molar-refractivity contribution in [1.82, 2.24) is 5.32 Å². The minimum atomic E-state index is 0.245. The molecule has 90 valence electrons. The zero-order valence-electron chi connectivity index (χ0n) is 10.4. The quantitative estimate of drug-likeness (QED) is 0.845. The van der Waals surface area contributed by atoms with Gasteiger partial charge in [-0.05, 0) is 36.6 Å². The number of benzene rings is 1. The molecule has 0 saturated carbocycles. The standard InChI is InChI=1S/C15H19NO/c1-3-13-7-4-5-8-14(13)11-16-12(2)15-9-6-10-17-15/h4-10,12,16H,3,11H2,1-2H3/t12-/m1/s1. The van der Waals surface area contributed by atoms with Crippen molar-refractivity contribution in [3.05, 3.63) is 59.5 Å². The Morgan fingerprint density at radius 3 is 2.53 bits per heavy atom. The highest BCUT2D eigenvalue weighted by Gasteiger charge is 2.08. The Labute approximate surface area is 103 Å². The molecular weight excluding hydrogens is 210 g/mol. The maximum atomic E-state index is 5.38.